The number of rotatable bonds is 5. The van der Waals surface area contributed by atoms with Gasteiger partial charge in [0.05, 0.1) is 22.8 Å². The van der Waals surface area contributed by atoms with Crippen LogP contribution >= 0.6 is 11.6 Å². The number of hydrogen-bond donors (Lipinski definition) is 0. The minimum absolute atomic E-state index is 0.0374. The number of aryl methyl sites for hydroxylation is 1. The Morgan fingerprint density at radius 1 is 1.30 bits per heavy atom. The predicted octanol–water partition coefficient (Wildman–Crippen LogP) is 3.31. The van der Waals surface area contributed by atoms with Crippen molar-refractivity contribution >= 4 is 38.9 Å². The molecule has 0 amide bonds. The first-order valence-corrected chi connectivity index (χ1v) is 7.74. The van der Waals surface area contributed by atoms with Gasteiger partial charge in [-0.2, -0.15) is 21.6 Å². The fraction of sp³-hybridized carbons (Fsp3) is 0.250. The second-order valence-corrected chi connectivity index (χ2v) is 6.24. The Hall–Kier alpha value is -1.81. The molecule has 11 heteroatoms. The van der Waals surface area contributed by atoms with E-state index in [2.05, 4.69) is 4.18 Å². The van der Waals surface area contributed by atoms with E-state index < -0.39 is 33.1 Å². The van der Waals surface area contributed by atoms with Crippen molar-refractivity contribution < 1.29 is 35.0 Å². The standard InChI is InChI=1S/C12H8ClF4NO4S/c13-11-8-5-7(6-19)18(4-3-14)9(8)1-2-10(11)22-23(20,21)12(15,16)17/h1-2,5-6H,3-4H2. The van der Waals surface area contributed by atoms with Crippen LogP contribution < -0.4 is 4.18 Å². The van der Waals surface area contributed by atoms with E-state index in [9.17, 15) is 30.8 Å². The number of alkyl halides is 4. The van der Waals surface area contributed by atoms with Crippen molar-refractivity contribution in [2.24, 2.45) is 0 Å². The van der Waals surface area contributed by atoms with Crippen LogP contribution in [0.5, 0.6) is 5.75 Å². The van der Waals surface area contributed by atoms with Crippen LogP contribution in [-0.4, -0.2) is 31.5 Å². The minimum Gasteiger partial charge on any atom is -0.374 e. The quantitative estimate of drug-likeness (QED) is 0.349. The molecule has 0 aliphatic carbocycles. The lowest BCUT2D eigenvalue weighted by molar-refractivity contribution is -0.0500. The van der Waals surface area contributed by atoms with E-state index >= 15 is 0 Å². The molecule has 126 valence electrons. The van der Waals surface area contributed by atoms with Gasteiger partial charge in [0.1, 0.15) is 6.67 Å². The predicted molar refractivity (Wildman–Crippen MR) is 73.9 cm³/mol. The summed E-state index contributed by atoms with van der Waals surface area (Å²) in [4.78, 5) is 11.0. The summed E-state index contributed by atoms with van der Waals surface area (Å²) in [5.41, 5.74) is -5.32. The van der Waals surface area contributed by atoms with Crippen LogP contribution in [0.4, 0.5) is 17.6 Å². The molecule has 1 heterocycles. The molecule has 0 radical (unpaired) electrons. The van der Waals surface area contributed by atoms with Crippen LogP contribution in [0.1, 0.15) is 10.5 Å². The van der Waals surface area contributed by atoms with Crippen LogP contribution in [0, 0.1) is 0 Å². The largest absolute Gasteiger partial charge is 0.534 e. The molecule has 0 N–H and O–H groups in total. The highest BCUT2D eigenvalue weighted by Crippen LogP contribution is 2.37. The third kappa shape index (κ3) is 3.13. The summed E-state index contributed by atoms with van der Waals surface area (Å²) >= 11 is 5.86. The topological polar surface area (TPSA) is 65.4 Å². The number of fused-ring (bicyclic) bond motifs is 1. The Balaban J connectivity index is 2.58. The van der Waals surface area contributed by atoms with Gasteiger partial charge in [-0.05, 0) is 18.2 Å². The van der Waals surface area contributed by atoms with E-state index in [4.69, 9.17) is 11.6 Å². The van der Waals surface area contributed by atoms with Gasteiger partial charge in [0.15, 0.2) is 12.0 Å². The van der Waals surface area contributed by atoms with Gasteiger partial charge in [-0.15, -0.1) is 0 Å². The fourth-order valence-corrected chi connectivity index (χ4v) is 2.73. The molecule has 0 spiro atoms. The summed E-state index contributed by atoms with van der Waals surface area (Å²) in [6.07, 6.45) is 0.416. The van der Waals surface area contributed by atoms with Crippen molar-refractivity contribution in [1.82, 2.24) is 4.57 Å². The molecule has 0 aliphatic heterocycles. The summed E-state index contributed by atoms with van der Waals surface area (Å²) in [5, 5.41) is -0.367. The third-order valence-electron chi connectivity index (χ3n) is 2.93. The minimum atomic E-state index is -5.88. The van der Waals surface area contributed by atoms with Crippen LogP contribution in [0.2, 0.25) is 5.02 Å². The van der Waals surface area contributed by atoms with E-state index in [1.807, 2.05) is 0 Å². The molecule has 5 nitrogen and oxygen atoms in total. The smallest absolute Gasteiger partial charge is 0.374 e. The van der Waals surface area contributed by atoms with E-state index in [1.54, 1.807) is 0 Å². The molecule has 0 bridgehead atoms. The highest BCUT2D eigenvalue weighted by molar-refractivity contribution is 7.88. The van der Waals surface area contributed by atoms with Crippen molar-refractivity contribution in [2.75, 3.05) is 6.67 Å². The zero-order valence-corrected chi connectivity index (χ0v) is 12.7. The molecule has 0 unspecified atom stereocenters. The van der Waals surface area contributed by atoms with Crippen LogP contribution in [0.25, 0.3) is 10.9 Å². The van der Waals surface area contributed by atoms with Crippen molar-refractivity contribution in [3.05, 3.63) is 28.9 Å². The van der Waals surface area contributed by atoms with Gasteiger partial charge in [-0.25, -0.2) is 4.39 Å². The van der Waals surface area contributed by atoms with Gasteiger partial charge in [0, 0.05) is 5.39 Å². The Kier molecular flexibility index (Phi) is 4.58. The van der Waals surface area contributed by atoms with Crippen LogP contribution in [-0.2, 0) is 16.7 Å². The molecule has 0 saturated carbocycles. The molecule has 2 rings (SSSR count). The highest BCUT2D eigenvalue weighted by atomic mass is 35.5. The Morgan fingerprint density at radius 2 is 1.96 bits per heavy atom. The van der Waals surface area contributed by atoms with Crippen molar-refractivity contribution in [1.29, 1.82) is 0 Å². The SMILES string of the molecule is O=Cc1cc2c(Cl)c(OS(=O)(=O)C(F)(F)F)ccc2n1CCF. The van der Waals surface area contributed by atoms with Crippen LogP contribution in [0.15, 0.2) is 18.2 Å². The molecule has 2 aromatic rings. The Labute approximate surface area is 132 Å². The molecule has 0 atom stereocenters. The Morgan fingerprint density at radius 3 is 2.48 bits per heavy atom. The molecular weight excluding hydrogens is 366 g/mol. The first kappa shape index (κ1) is 17.5. The van der Waals surface area contributed by atoms with Gasteiger partial charge in [-0.3, -0.25) is 4.79 Å². The molecule has 0 fully saturated rings. The zero-order valence-electron chi connectivity index (χ0n) is 11.1. The third-order valence-corrected chi connectivity index (χ3v) is 4.28. The molecule has 0 aliphatic rings. The van der Waals surface area contributed by atoms with Gasteiger partial charge in [0.25, 0.3) is 0 Å². The van der Waals surface area contributed by atoms with Crippen molar-refractivity contribution in [2.45, 2.75) is 12.1 Å². The number of aromatic nitrogens is 1. The maximum Gasteiger partial charge on any atom is 0.534 e. The number of aldehydes is 1. The number of carbonyl (C=O) groups excluding carboxylic acids is 1. The number of carbonyl (C=O) groups is 1. The Bertz CT molecular complexity index is 860. The normalized spacial score (nSPS) is 12.6. The molecule has 1 aromatic heterocycles. The molecule has 23 heavy (non-hydrogen) atoms. The van der Waals surface area contributed by atoms with Crippen LogP contribution in [0.3, 0.4) is 0 Å². The maximum absolute atomic E-state index is 12.5. The molecule has 1 aromatic carbocycles. The lowest BCUT2D eigenvalue weighted by Crippen LogP contribution is -2.28. The lowest BCUT2D eigenvalue weighted by Gasteiger charge is -2.11. The van der Waals surface area contributed by atoms with E-state index in [1.165, 1.54) is 16.7 Å². The summed E-state index contributed by atoms with van der Waals surface area (Å²) in [6, 6.07) is 3.29. The number of halogens is 5. The second kappa shape index (κ2) is 6.00. The fourth-order valence-electron chi connectivity index (χ4n) is 1.96. The summed E-state index contributed by atoms with van der Waals surface area (Å²) < 4.78 is 76.9. The number of nitrogens with zero attached hydrogens (tertiary/aromatic N) is 1. The summed E-state index contributed by atoms with van der Waals surface area (Å²) in [5.74, 6) is -0.744. The van der Waals surface area contributed by atoms with Crippen molar-refractivity contribution in [3.8, 4) is 5.75 Å². The first-order chi connectivity index (χ1) is 10.6. The molecular formula is C12H8ClF4NO4S. The number of benzene rings is 1. The first-order valence-electron chi connectivity index (χ1n) is 5.96. The van der Waals surface area contributed by atoms with E-state index in [0.717, 1.165) is 6.07 Å². The number of hydrogen-bond acceptors (Lipinski definition) is 4. The van der Waals surface area contributed by atoms with Gasteiger partial charge in [-0.1, -0.05) is 11.6 Å². The highest BCUT2D eigenvalue weighted by Gasteiger charge is 2.48. The van der Waals surface area contributed by atoms with Gasteiger partial charge < -0.3 is 8.75 Å². The summed E-state index contributed by atoms with van der Waals surface area (Å²) in [6.45, 7) is -0.960. The molecule has 0 saturated heterocycles. The average molecular weight is 374 g/mol. The van der Waals surface area contributed by atoms with Gasteiger partial charge in [0.2, 0.25) is 0 Å². The second-order valence-electron chi connectivity index (χ2n) is 4.32. The summed E-state index contributed by atoms with van der Waals surface area (Å²) in [7, 11) is -5.88. The monoisotopic (exact) mass is 373 g/mol. The zero-order chi connectivity index (χ0) is 17.4. The van der Waals surface area contributed by atoms with Crippen molar-refractivity contribution in [3.63, 3.8) is 0 Å². The lowest BCUT2D eigenvalue weighted by atomic mass is 10.2. The van der Waals surface area contributed by atoms with E-state index in [-0.39, 0.29) is 23.1 Å². The van der Waals surface area contributed by atoms with E-state index in [0.29, 0.717) is 6.29 Å². The average Bonchev–Trinajstić information content (AvgIpc) is 2.80. The maximum atomic E-state index is 12.5. The van der Waals surface area contributed by atoms with Gasteiger partial charge >= 0.3 is 15.6 Å².